The number of pyridine rings is 1. The number of hydrogen-bond acceptors (Lipinski definition) is 4. The lowest BCUT2D eigenvalue weighted by Crippen LogP contribution is -2.65. The third-order valence-electron chi connectivity index (χ3n) is 5.44. The van der Waals surface area contributed by atoms with Gasteiger partial charge in [-0.15, -0.1) is 0 Å². The zero-order chi connectivity index (χ0) is 17.2. The maximum Gasteiger partial charge on any atom is 0.354 e. The number of carboxylic acids is 1. The SMILES string of the molecule is CCOC1CC(NC(=O)c2cccc(C(=O)O)n2)C12CCCCC2. The van der Waals surface area contributed by atoms with Crippen LogP contribution in [0.5, 0.6) is 0 Å². The van der Waals surface area contributed by atoms with Crippen molar-refractivity contribution < 1.29 is 19.4 Å². The quantitative estimate of drug-likeness (QED) is 0.865. The Bertz CT molecular complexity index is 625. The van der Waals surface area contributed by atoms with Gasteiger partial charge in [-0.25, -0.2) is 9.78 Å². The second kappa shape index (κ2) is 6.89. The van der Waals surface area contributed by atoms with E-state index in [4.69, 9.17) is 9.84 Å². The number of aromatic nitrogens is 1. The molecule has 0 saturated heterocycles. The molecule has 2 atom stereocenters. The number of nitrogens with zero attached hydrogens (tertiary/aromatic N) is 1. The lowest BCUT2D eigenvalue weighted by molar-refractivity contribution is -0.146. The Labute approximate surface area is 141 Å². The van der Waals surface area contributed by atoms with E-state index in [0.717, 1.165) is 19.3 Å². The molecule has 0 aliphatic heterocycles. The van der Waals surface area contributed by atoms with Crippen LogP contribution in [0.25, 0.3) is 0 Å². The molecule has 0 aromatic carbocycles. The Balaban J connectivity index is 1.72. The Morgan fingerprint density at radius 1 is 1.29 bits per heavy atom. The van der Waals surface area contributed by atoms with Gasteiger partial charge >= 0.3 is 5.97 Å². The van der Waals surface area contributed by atoms with Crippen molar-refractivity contribution >= 4 is 11.9 Å². The first kappa shape index (κ1) is 16.9. The molecule has 1 aromatic rings. The van der Waals surface area contributed by atoms with Crippen LogP contribution < -0.4 is 5.32 Å². The molecule has 2 saturated carbocycles. The van der Waals surface area contributed by atoms with Crippen molar-refractivity contribution in [1.29, 1.82) is 0 Å². The van der Waals surface area contributed by atoms with E-state index >= 15 is 0 Å². The molecule has 6 heteroatoms. The minimum atomic E-state index is -1.13. The van der Waals surface area contributed by atoms with Crippen LogP contribution in [0.4, 0.5) is 0 Å². The summed E-state index contributed by atoms with van der Waals surface area (Å²) >= 11 is 0. The highest BCUT2D eigenvalue weighted by Crippen LogP contribution is 2.53. The van der Waals surface area contributed by atoms with Gasteiger partial charge in [0, 0.05) is 18.1 Å². The van der Waals surface area contributed by atoms with Crippen LogP contribution in [0.15, 0.2) is 18.2 Å². The fourth-order valence-electron chi connectivity index (χ4n) is 4.18. The lowest BCUT2D eigenvalue weighted by Gasteiger charge is -2.57. The second-order valence-corrected chi connectivity index (χ2v) is 6.71. The Morgan fingerprint density at radius 2 is 2.00 bits per heavy atom. The summed E-state index contributed by atoms with van der Waals surface area (Å²) in [5.41, 5.74) is 0.0745. The van der Waals surface area contributed by atoms with E-state index in [2.05, 4.69) is 10.3 Å². The third-order valence-corrected chi connectivity index (χ3v) is 5.44. The molecule has 2 fully saturated rings. The fraction of sp³-hybridized carbons (Fsp3) is 0.611. The van der Waals surface area contributed by atoms with Gasteiger partial charge in [0.15, 0.2) is 0 Å². The number of rotatable bonds is 5. The van der Waals surface area contributed by atoms with E-state index in [9.17, 15) is 9.59 Å². The van der Waals surface area contributed by atoms with Crippen molar-refractivity contribution in [2.24, 2.45) is 5.41 Å². The van der Waals surface area contributed by atoms with Crippen LogP contribution in [0.1, 0.15) is 66.4 Å². The standard InChI is InChI=1S/C18H24N2O4/c1-2-24-15-11-14(18(15)9-4-3-5-10-18)20-16(21)12-7-6-8-13(19-12)17(22)23/h6-8,14-15H,2-5,9-11H2,1H3,(H,20,21)(H,22,23). The monoisotopic (exact) mass is 332 g/mol. The zero-order valence-corrected chi connectivity index (χ0v) is 14.0. The normalized spacial score (nSPS) is 25.0. The first-order chi connectivity index (χ1) is 11.6. The molecule has 6 nitrogen and oxygen atoms in total. The van der Waals surface area contributed by atoms with E-state index in [1.54, 1.807) is 12.1 Å². The van der Waals surface area contributed by atoms with Crippen LogP contribution in [0.2, 0.25) is 0 Å². The van der Waals surface area contributed by atoms with E-state index in [1.807, 2.05) is 6.92 Å². The van der Waals surface area contributed by atoms with E-state index in [-0.39, 0.29) is 34.9 Å². The Morgan fingerprint density at radius 3 is 2.67 bits per heavy atom. The van der Waals surface area contributed by atoms with Gasteiger partial charge in [-0.2, -0.15) is 0 Å². The minimum absolute atomic E-state index is 0.0360. The number of carbonyl (C=O) groups excluding carboxylic acids is 1. The molecular formula is C18H24N2O4. The number of amides is 1. The predicted molar refractivity (Wildman–Crippen MR) is 88.0 cm³/mol. The van der Waals surface area contributed by atoms with Gasteiger partial charge < -0.3 is 15.2 Å². The summed E-state index contributed by atoms with van der Waals surface area (Å²) in [6.45, 7) is 2.69. The highest BCUT2D eigenvalue weighted by atomic mass is 16.5. The molecule has 1 amide bonds. The van der Waals surface area contributed by atoms with Gasteiger partial charge in [-0.05, 0) is 38.3 Å². The van der Waals surface area contributed by atoms with Crippen molar-refractivity contribution in [3.8, 4) is 0 Å². The molecule has 0 radical (unpaired) electrons. The van der Waals surface area contributed by atoms with Crippen LogP contribution in [-0.4, -0.2) is 40.7 Å². The van der Waals surface area contributed by atoms with Crippen molar-refractivity contribution in [2.75, 3.05) is 6.61 Å². The zero-order valence-electron chi connectivity index (χ0n) is 14.0. The molecule has 2 aliphatic carbocycles. The Kier molecular flexibility index (Phi) is 4.85. The topological polar surface area (TPSA) is 88.5 Å². The molecular weight excluding hydrogens is 308 g/mol. The maximum absolute atomic E-state index is 12.5. The molecule has 0 bridgehead atoms. The molecule has 2 aliphatic rings. The molecule has 3 rings (SSSR count). The first-order valence-corrected chi connectivity index (χ1v) is 8.69. The molecule has 2 N–H and O–H groups in total. The van der Waals surface area contributed by atoms with E-state index in [1.165, 1.54) is 25.3 Å². The number of ether oxygens (including phenoxy) is 1. The first-order valence-electron chi connectivity index (χ1n) is 8.69. The Hall–Kier alpha value is -1.95. The maximum atomic E-state index is 12.5. The van der Waals surface area contributed by atoms with Gasteiger partial charge in [0.05, 0.1) is 6.10 Å². The van der Waals surface area contributed by atoms with Gasteiger partial charge in [-0.1, -0.05) is 25.3 Å². The predicted octanol–water partition coefficient (Wildman–Crippen LogP) is 2.64. The highest BCUT2D eigenvalue weighted by molar-refractivity contribution is 5.94. The summed E-state index contributed by atoms with van der Waals surface area (Å²) in [6.07, 6.45) is 6.76. The van der Waals surface area contributed by atoms with Gasteiger partial charge in [0.25, 0.3) is 5.91 Å². The lowest BCUT2D eigenvalue weighted by atomic mass is 9.55. The molecule has 24 heavy (non-hydrogen) atoms. The van der Waals surface area contributed by atoms with E-state index in [0.29, 0.717) is 6.61 Å². The summed E-state index contributed by atoms with van der Waals surface area (Å²) in [6, 6.07) is 4.56. The van der Waals surface area contributed by atoms with Gasteiger partial charge in [-0.3, -0.25) is 4.79 Å². The van der Waals surface area contributed by atoms with Crippen LogP contribution in [-0.2, 0) is 4.74 Å². The van der Waals surface area contributed by atoms with Gasteiger partial charge in [0.2, 0.25) is 0 Å². The summed E-state index contributed by atoms with van der Waals surface area (Å²) in [5, 5.41) is 12.1. The molecule has 1 spiro atoms. The van der Waals surface area contributed by atoms with Gasteiger partial charge in [0.1, 0.15) is 11.4 Å². The summed E-state index contributed by atoms with van der Waals surface area (Å²) in [4.78, 5) is 27.4. The number of carboxylic acid groups (broad SMARTS) is 1. The van der Waals surface area contributed by atoms with Crippen molar-refractivity contribution in [1.82, 2.24) is 10.3 Å². The van der Waals surface area contributed by atoms with Crippen LogP contribution in [0.3, 0.4) is 0 Å². The number of carbonyl (C=O) groups is 2. The largest absolute Gasteiger partial charge is 0.477 e. The molecule has 1 heterocycles. The fourth-order valence-corrected chi connectivity index (χ4v) is 4.18. The van der Waals surface area contributed by atoms with Crippen molar-refractivity contribution in [2.45, 2.75) is 57.6 Å². The minimum Gasteiger partial charge on any atom is -0.477 e. The smallest absolute Gasteiger partial charge is 0.354 e. The molecule has 1 aromatic heterocycles. The molecule has 2 unspecified atom stereocenters. The molecule has 130 valence electrons. The number of hydrogen-bond donors (Lipinski definition) is 2. The third kappa shape index (κ3) is 3.02. The highest BCUT2D eigenvalue weighted by Gasteiger charge is 2.56. The summed E-state index contributed by atoms with van der Waals surface area (Å²) in [5.74, 6) is -1.43. The number of nitrogens with one attached hydrogen (secondary N) is 1. The average Bonchev–Trinajstić information content (AvgIpc) is 2.61. The van der Waals surface area contributed by atoms with E-state index < -0.39 is 5.97 Å². The van der Waals surface area contributed by atoms with Crippen LogP contribution in [0, 0.1) is 5.41 Å². The van der Waals surface area contributed by atoms with Crippen molar-refractivity contribution in [3.05, 3.63) is 29.6 Å². The summed E-state index contributed by atoms with van der Waals surface area (Å²) in [7, 11) is 0. The van der Waals surface area contributed by atoms with Crippen molar-refractivity contribution in [3.63, 3.8) is 0 Å². The average molecular weight is 332 g/mol. The number of aromatic carboxylic acids is 1. The second-order valence-electron chi connectivity index (χ2n) is 6.71. The summed E-state index contributed by atoms with van der Waals surface area (Å²) < 4.78 is 5.89. The van der Waals surface area contributed by atoms with Crippen LogP contribution >= 0.6 is 0 Å².